The van der Waals surface area contributed by atoms with Gasteiger partial charge >= 0.3 is 5.97 Å². The average molecular weight is 314 g/mol. The van der Waals surface area contributed by atoms with Crippen molar-refractivity contribution in [2.45, 2.75) is 50.7 Å². The van der Waals surface area contributed by atoms with E-state index in [1.165, 1.54) is 12.8 Å². The largest absolute Gasteiger partial charge is 0.481 e. The lowest BCUT2D eigenvalue weighted by Gasteiger charge is -2.26. The van der Waals surface area contributed by atoms with Gasteiger partial charge in [-0.25, -0.2) is 0 Å². The number of carboxylic acid groups (broad SMARTS) is 1. The molecule has 2 bridgehead atoms. The smallest absolute Gasteiger partial charge is 0.303 e. The number of hydrogen-bond donors (Lipinski definition) is 2. The minimum Gasteiger partial charge on any atom is -0.481 e. The number of ether oxygens (including phenoxy) is 1. The van der Waals surface area contributed by atoms with E-state index in [1.54, 1.807) is 0 Å². The molecular weight excluding hydrogens is 288 g/mol. The Labute approximate surface area is 130 Å². The van der Waals surface area contributed by atoms with Crippen LogP contribution in [0.1, 0.15) is 38.5 Å². The Morgan fingerprint density at radius 1 is 1.24 bits per heavy atom. The van der Waals surface area contributed by atoms with Crippen LogP contribution in [0.15, 0.2) is 12.2 Å². The summed E-state index contributed by atoms with van der Waals surface area (Å²) in [5, 5.41) is 17.5. The first-order chi connectivity index (χ1) is 10.2. The van der Waals surface area contributed by atoms with Gasteiger partial charge in [-0.2, -0.15) is 11.8 Å². The summed E-state index contributed by atoms with van der Waals surface area (Å²) in [6, 6.07) is 0. The number of allylic oxidation sites excluding steroid dienone is 2. The van der Waals surface area contributed by atoms with E-state index in [4.69, 9.17) is 14.9 Å². The number of unbranched alkanes of at least 4 members (excludes halogenated alkanes) is 1. The number of rotatable bonds is 10. The van der Waals surface area contributed by atoms with E-state index in [1.807, 2.05) is 11.8 Å². The van der Waals surface area contributed by atoms with Crippen molar-refractivity contribution < 1.29 is 19.7 Å². The molecule has 0 saturated carbocycles. The minimum atomic E-state index is -0.717. The fourth-order valence-electron chi connectivity index (χ4n) is 3.45. The van der Waals surface area contributed by atoms with Crippen LogP contribution in [0.2, 0.25) is 0 Å². The second-order valence-electron chi connectivity index (χ2n) is 5.91. The Hall–Kier alpha value is -0.520. The van der Waals surface area contributed by atoms with Gasteiger partial charge in [0.1, 0.15) is 0 Å². The van der Waals surface area contributed by atoms with Gasteiger partial charge < -0.3 is 14.9 Å². The lowest BCUT2D eigenvalue weighted by atomic mass is 9.78. The Balaban J connectivity index is 1.72. The summed E-state index contributed by atoms with van der Waals surface area (Å²) >= 11 is 1.83. The van der Waals surface area contributed by atoms with Crippen LogP contribution < -0.4 is 0 Å². The summed E-state index contributed by atoms with van der Waals surface area (Å²) in [7, 11) is 0. The second kappa shape index (κ2) is 8.81. The molecule has 0 unspecified atom stereocenters. The second-order valence-corrected chi connectivity index (χ2v) is 7.06. The van der Waals surface area contributed by atoms with Gasteiger partial charge in [-0.05, 0) is 49.7 Å². The fraction of sp³-hybridized carbons (Fsp3) is 0.812. The predicted molar refractivity (Wildman–Crippen MR) is 84.5 cm³/mol. The molecule has 120 valence electrons. The predicted octanol–water partition coefficient (Wildman–Crippen LogP) is 2.71. The zero-order chi connectivity index (χ0) is 15.1. The van der Waals surface area contributed by atoms with E-state index < -0.39 is 5.97 Å². The monoisotopic (exact) mass is 314 g/mol. The van der Waals surface area contributed by atoms with Crippen molar-refractivity contribution in [1.82, 2.24) is 0 Å². The number of aliphatic hydroxyl groups excluding tert-OH is 1. The third kappa shape index (κ3) is 5.01. The molecule has 2 rings (SSSR count). The molecule has 0 amide bonds. The molecule has 2 heterocycles. The quantitative estimate of drug-likeness (QED) is 0.479. The van der Waals surface area contributed by atoms with Gasteiger partial charge in [0.2, 0.25) is 0 Å². The molecule has 2 saturated heterocycles. The van der Waals surface area contributed by atoms with Crippen LogP contribution in [0.4, 0.5) is 0 Å². The van der Waals surface area contributed by atoms with E-state index >= 15 is 0 Å². The Morgan fingerprint density at radius 3 is 2.71 bits per heavy atom. The van der Waals surface area contributed by atoms with Crippen molar-refractivity contribution in [3.05, 3.63) is 12.2 Å². The molecule has 4 nitrogen and oxygen atoms in total. The van der Waals surface area contributed by atoms with Gasteiger partial charge in [0.25, 0.3) is 0 Å². The van der Waals surface area contributed by atoms with Crippen molar-refractivity contribution >= 4 is 17.7 Å². The van der Waals surface area contributed by atoms with E-state index in [0.717, 1.165) is 30.8 Å². The number of carboxylic acids is 1. The molecule has 2 aliphatic heterocycles. The lowest BCUT2D eigenvalue weighted by Crippen LogP contribution is -2.28. The molecular formula is C16H26O4S. The van der Waals surface area contributed by atoms with Crippen LogP contribution in [0.3, 0.4) is 0 Å². The van der Waals surface area contributed by atoms with Crippen LogP contribution in [-0.4, -0.2) is 46.5 Å². The van der Waals surface area contributed by atoms with Crippen LogP contribution in [0.25, 0.3) is 0 Å². The Bertz CT molecular complexity index is 358. The van der Waals surface area contributed by atoms with Crippen LogP contribution in [-0.2, 0) is 9.53 Å². The number of aliphatic hydroxyl groups is 1. The average Bonchev–Trinajstić information content (AvgIpc) is 3.04. The van der Waals surface area contributed by atoms with E-state index in [9.17, 15) is 4.79 Å². The van der Waals surface area contributed by atoms with E-state index in [2.05, 4.69) is 12.2 Å². The summed E-state index contributed by atoms with van der Waals surface area (Å²) in [6.45, 7) is 0.250. The number of carbonyl (C=O) groups is 1. The molecule has 0 aromatic carbocycles. The van der Waals surface area contributed by atoms with Crippen molar-refractivity contribution in [2.24, 2.45) is 11.8 Å². The van der Waals surface area contributed by atoms with Crippen molar-refractivity contribution in [3.8, 4) is 0 Å². The first-order valence-corrected chi connectivity index (χ1v) is 9.08. The molecule has 2 fully saturated rings. The minimum absolute atomic E-state index is 0.250. The topological polar surface area (TPSA) is 66.8 Å². The molecule has 21 heavy (non-hydrogen) atoms. The molecule has 0 aromatic heterocycles. The summed E-state index contributed by atoms with van der Waals surface area (Å²) in [5.74, 6) is 2.39. The third-order valence-electron chi connectivity index (χ3n) is 4.47. The van der Waals surface area contributed by atoms with Crippen molar-refractivity contribution in [1.29, 1.82) is 0 Å². The molecule has 2 aliphatic rings. The first kappa shape index (κ1) is 16.8. The van der Waals surface area contributed by atoms with Crippen LogP contribution in [0, 0.1) is 11.8 Å². The van der Waals surface area contributed by atoms with Crippen LogP contribution in [0.5, 0.6) is 0 Å². The first-order valence-electron chi connectivity index (χ1n) is 7.93. The maximum atomic E-state index is 10.4. The molecule has 0 aliphatic carbocycles. The normalized spacial score (nSPS) is 31.3. The van der Waals surface area contributed by atoms with Crippen molar-refractivity contribution in [3.63, 3.8) is 0 Å². The summed E-state index contributed by atoms with van der Waals surface area (Å²) in [4.78, 5) is 10.4. The van der Waals surface area contributed by atoms with E-state index in [-0.39, 0.29) is 13.0 Å². The van der Waals surface area contributed by atoms with Gasteiger partial charge in [-0.3, -0.25) is 4.79 Å². The standard InChI is InChI=1S/C16H26O4S/c17-9-10-21-11-13-12(14-7-8-15(13)20-14)5-3-1-2-4-6-16(18)19/h1,3,12-15,17H,2,4-11H2,(H,18,19)/t12-,13+,14-,15+/m1/s1. The molecule has 0 aromatic rings. The fourth-order valence-corrected chi connectivity index (χ4v) is 4.48. The highest BCUT2D eigenvalue weighted by Crippen LogP contribution is 2.46. The summed E-state index contributed by atoms with van der Waals surface area (Å²) < 4.78 is 6.05. The Kier molecular flexibility index (Phi) is 7.07. The zero-order valence-corrected chi connectivity index (χ0v) is 13.3. The van der Waals surface area contributed by atoms with Gasteiger partial charge in [-0.1, -0.05) is 12.2 Å². The molecule has 0 radical (unpaired) electrons. The SMILES string of the molecule is O=C(O)CCCC=CC[C@@H]1[C@H](CSCCO)[C@@H]2CC[C@H]1O2. The van der Waals surface area contributed by atoms with E-state index in [0.29, 0.717) is 24.0 Å². The third-order valence-corrected chi connectivity index (χ3v) is 5.56. The highest BCUT2D eigenvalue weighted by molar-refractivity contribution is 7.99. The van der Waals surface area contributed by atoms with Gasteiger partial charge in [0.05, 0.1) is 18.8 Å². The number of thioether (sulfide) groups is 1. The lowest BCUT2D eigenvalue weighted by molar-refractivity contribution is -0.137. The molecule has 0 spiro atoms. The van der Waals surface area contributed by atoms with Gasteiger partial charge in [0.15, 0.2) is 0 Å². The van der Waals surface area contributed by atoms with Gasteiger partial charge in [-0.15, -0.1) is 0 Å². The Morgan fingerprint density at radius 2 is 2.00 bits per heavy atom. The number of aliphatic carboxylic acids is 1. The highest BCUT2D eigenvalue weighted by Gasteiger charge is 2.47. The molecule has 2 N–H and O–H groups in total. The van der Waals surface area contributed by atoms with Crippen LogP contribution >= 0.6 is 11.8 Å². The highest BCUT2D eigenvalue weighted by atomic mass is 32.2. The van der Waals surface area contributed by atoms with Crippen molar-refractivity contribution in [2.75, 3.05) is 18.1 Å². The summed E-state index contributed by atoms with van der Waals surface area (Å²) in [5.41, 5.74) is 0. The number of fused-ring (bicyclic) bond motifs is 2. The van der Waals surface area contributed by atoms with Gasteiger partial charge in [0, 0.05) is 12.2 Å². The zero-order valence-electron chi connectivity index (χ0n) is 12.4. The molecule has 4 atom stereocenters. The maximum absolute atomic E-state index is 10.4. The number of hydrogen-bond acceptors (Lipinski definition) is 4. The maximum Gasteiger partial charge on any atom is 0.303 e. The summed E-state index contributed by atoms with van der Waals surface area (Å²) in [6.07, 6.45) is 10.4. The molecule has 5 heteroatoms.